The molecular formula is C17H16N2O2S. The molecular weight excluding hydrogens is 296 g/mol. The average molecular weight is 312 g/mol. The number of aromatic nitrogens is 1. The summed E-state index contributed by atoms with van der Waals surface area (Å²) >= 11 is 1.47. The Bertz CT molecular complexity index is 827. The minimum absolute atomic E-state index is 0.0170. The van der Waals surface area contributed by atoms with Crippen LogP contribution in [0.3, 0.4) is 0 Å². The number of phenolic OH excluding ortho intramolecular Hbond substituents is 2. The van der Waals surface area contributed by atoms with Crippen LogP contribution in [0.4, 0.5) is 10.8 Å². The summed E-state index contributed by atoms with van der Waals surface area (Å²) in [5.41, 5.74) is 4.67. The van der Waals surface area contributed by atoms with Gasteiger partial charge in [-0.3, -0.25) is 0 Å². The number of nitrogens with zero attached hydrogens (tertiary/aromatic N) is 1. The molecule has 3 N–H and O–H groups in total. The first-order chi connectivity index (χ1) is 10.5. The molecule has 0 saturated carbocycles. The van der Waals surface area contributed by atoms with Crippen LogP contribution in [0.2, 0.25) is 0 Å². The zero-order valence-corrected chi connectivity index (χ0v) is 13.1. The van der Waals surface area contributed by atoms with E-state index in [-0.39, 0.29) is 11.5 Å². The first-order valence-electron chi connectivity index (χ1n) is 6.85. The first-order valence-corrected chi connectivity index (χ1v) is 7.73. The van der Waals surface area contributed by atoms with Gasteiger partial charge in [0, 0.05) is 22.7 Å². The van der Waals surface area contributed by atoms with Gasteiger partial charge in [0.05, 0.1) is 5.69 Å². The van der Waals surface area contributed by atoms with E-state index in [0.717, 1.165) is 16.4 Å². The molecule has 0 bridgehead atoms. The number of benzene rings is 2. The maximum absolute atomic E-state index is 9.90. The monoisotopic (exact) mass is 312 g/mol. The number of phenols is 2. The Hall–Kier alpha value is -2.53. The van der Waals surface area contributed by atoms with Crippen LogP contribution in [0.5, 0.6) is 11.5 Å². The Labute approximate surface area is 132 Å². The minimum Gasteiger partial charge on any atom is -0.508 e. The van der Waals surface area contributed by atoms with Crippen LogP contribution in [0.1, 0.15) is 11.1 Å². The van der Waals surface area contributed by atoms with Crippen molar-refractivity contribution in [2.24, 2.45) is 0 Å². The molecule has 112 valence electrons. The van der Waals surface area contributed by atoms with Crippen molar-refractivity contribution in [1.29, 1.82) is 0 Å². The molecule has 4 nitrogen and oxygen atoms in total. The van der Waals surface area contributed by atoms with Gasteiger partial charge in [-0.2, -0.15) is 0 Å². The predicted molar refractivity (Wildman–Crippen MR) is 90.1 cm³/mol. The Morgan fingerprint density at radius 2 is 1.86 bits per heavy atom. The molecule has 0 radical (unpaired) electrons. The zero-order valence-electron chi connectivity index (χ0n) is 12.3. The summed E-state index contributed by atoms with van der Waals surface area (Å²) in [4.78, 5) is 4.50. The van der Waals surface area contributed by atoms with Crippen molar-refractivity contribution in [2.45, 2.75) is 13.8 Å². The molecule has 0 aliphatic heterocycles. The molecule has 0 amide bonds. The van der Waals surface area contributed by atoms with Gasteiger partial charge >= 0.3 is 0 Å². The Morgan fingerprint density at radius 3 is 2.59 bits per heavy atom. The number of thiazole rings is 1. The van der Waals surface area contributed by atoms with Gasteiger partial charge in [-0.25, -0.2) is 4.98 Å². The van der Waals surface area contributed by atoms with Crippen LogP contribution in [0, 0.1) is 13.8 Å². The van der Waals surface area contributed by atoms with E-state index in [0.29, 0.717) is 11.3 Å². The maximum atomic E-state index is 9.90. The van der Waals surface area contributed by atoms with E-state index in [1.165, 1.54) is 29.0 Å². The van der Waals surface area contributed by atoms with E-state index in [2.05, 4.69) is 36.3 Å². The van der Waals surface area contributed by atoms with Gasteiger partial charge in [-0.15, -0.1) is 11.3 Å². The lowest BCUT2D eigenvalue weighted by molar-refractivity contribution is 0.452. The lowest BCUT2D eigenvalue weighted by Crippen LogP contribution is -1.93. The van der Waals surface area contributed by atoms with Crippen LogP contribution in [-0.2, 0) is 0 Å². The highest BCUT2D eigenvalue weighted by Crippen LogP contribution is 2.34. The SMILES string of the molecule is Cc1ccc(Nc2nc(-c3ccc(O)cc3O)cs2)c(C)c1. The van der Waals surface area contributed by atoms with Gasteiger partial charge in [0.2, 0.25) is 0 Å². The van der Waals surface area contributed by atoms with Crippen molar-refractivity contribution in [3.63, 3.8) is 0 Å². The Balaban J connectivity index is 1.87. The van der Waals surface area contributed by atoms with E-state index in [4.69, 9.17) is 0 Å². The molecule has 0 aliphatic rings. The van der Waals surface area contributed by atoms with Gasteiger partial charge in [0.15, 0.2) is 5.13 Å². The predicted octanol–water partition coefficient (Wildman–Crippen LogP) is 4.58. The fourth-order valence-electron chi connectivity index (χ4n) is 2.26. The van der Waals surface area contributed by atoms with Crippen molar-refractivity contribution < 1.29 is 10.2 Å². The van der Waals surface area contributed by atoms with E-state index in [1.807, 2.05) is 11.4 Å². The van der Waals surface area contributed by atoms with E-state index >= 15 is 0 Å². The number of rotatable bonds is 3. The Kier molecular flexibility index (Phi) is 3.73. The molecule has 0 aliphatic carbocycles. The second-order valence-electron chi connectivity index (χ2n) is 5.18. The third-order valence-corrected chi connectivity index (χ3v) is 4.14. The summed E-state index contributed by atoms with van der Waals surface area (Å²) < 4.78 is 0. The van der Waals surface area contributed by atoms with Gasteiger partial charge in [-0.1, -0.05) is 17.7 Å². The molecule has 0 unspecified atom stereocenters. The van der Waals surface area contributed by atoms with Crippen molar-refractivity contribution in [3.05, 3.63) is 52.9 Å². The number of hydrogen-bond donors (Lipinski definition) is 3. The number of nitrogens with one attached hydrogen (secondary N) is 1. The van der Waals surface area contributed by atoms with Crippen molar-refractivity contribution >= 4 is 22.2 Å². The van der Waals surface area contributed by atoms with Crippen LogP contribution in [-0.4, -0.2) is 15.2 Å². The number of anilines is 2. The number of aromatic hydroxyl groups is 2. The second kappa shape index (κ2) is 5.69. The smallest absolute Gasteiger partial charge is 0.187 e. The van der Waals surface area contributed by atoms with Crippen LogP contribution in [0.15, 0.2) is 41.8 Å². The highest BCUT2D eigenvalue weighted by atomic mass is 32.1. The molecule has 0 fully saturated rings. The molecule has 5 heteroatoms. The first kappa shape index (κ1) is 14.4. The second-order valence-corrected chi connectivity index (χ2v) is 6.04. The molecule has 3 aromatic rings. The minimum atomic E-state index is 0.0170. The van der Waals surface area contributed by atoms with Gasteiger partial charge in [0.1, 0.15) is 11.5 Å². The fourth-order valence-corrected chi connectivity index (χ4v) is 2.98. The van der Waals surface area contributed by atoms with Crippen molar-refractivity contribution in [2.75, 3.05) is 5.32 Å². The van der Waals surface area contributed by atoms with Crippen LogP contribution >= 0.6 is 11.3 Å². The molecule has 1 aromatic heterocycles. The summed E-state index contributed by atoms with van der Waals surface area (Å²) in [5.74, 6) is 0.0495. The quantitative estimate of drug-likeness (QED) is 0.662. The van der Waals surface area contributed by atoms with Crippen LogP contribution < -0.4 is 5.32 Å². The lowest BCUT2D eigenvalue weighted by Gasteiger charge is -2.07. The highest BCUT2D eigenvalue weighted by Gasteiger charge is 2.10. The van der Waals surface area contributed by atoms with E-state index < -0.39 is 0 Å². The third-order valence-electron chi connectivity index (χ3n) is 3.38. The Morgan fingerprint density at radius 1 is 1.05 bits per heavy atom. The van der Waals surface area contributed by atoms with E-state index in [9.17, 15) is 10.2 Å². The van der Waals surface area contributed by atoms with E-state index in [1.54, 1.807) is 6.07 Å². The topological polar surface area (TPSA) is 65.4 Å². The number of hydrogen-bond acceptors (Lipinski definition) is 5. The van der Waals surface area contributed by atoms with Crippen molar-refractivity contribution in [1.82, 2.24) is 4.98 Å². The molecule has 22 heavy (non-hydrogen) atoms. The standard InChI is InChI=1S/C17H16N2O2S/c1-10-3-6-14(11(2)7-10)18-17-19-15(9-22-17)13-5-4-12(20)8-16(13)21/h3-9,20-21H,1-2H3,(H,18,19). The van der Waals surface area contributed by atoms with Crippen LogP contribution in [0.25, 0.3) is 11.3 Å². The number of aryl methyl sites for hydroxylation is 2. The largest absolute Gasteiger partial charge is 0.508 e. The summed E-state index contributed by atoms with van der Waals surface area (Å²) in [6.07, 6.45) is 0. The average Bonchev–Trinajstić information content (AvgIpc) is 2.90. The molecule has 0 spiro atoms. The zero-order chi connectivity index (χ0) is 15.7. The van der Waals surface area contributed by atoms with Gasteiger partial charge < -0.3 is 15.5 Å². The summed E-state index contributed by atoms with van der Waals surface area (Å²) in [5, 5.41) is 25.2. The normalized spacial score (nSPS) is 10.6. The van der Waals surface area contributed by atoms with Gasteiger partial charge in [-0.05, 0) is 37.6 Å². The highest BCUT2D eigenvalue weighted by molar-refractivity contribution is 7.14. The fraction of sp³-hybridized carbons (Fsp3) is 0.118. The molecule has 3 rings (SSSR count). The molecule has 2 aromatic carbocycles. The van der Waals surface area contributed by atoms with Crippen molar-refractivity contribution in [3.8, 4) is 22.8 Å². The summed E-state index contributed by atoms with van der Waals surface area (Å²) in [6, 6.07) is 10.7. The van der Waals surface area contributed by atoms with Gasteiger partial charge in [0.25, 0.3) is 0 Å². The summed E-state index contributed by atoms with van der Waals surface area (Å²) in [6.45, 7) is 4.11. The molecule has 1 heterocycles. The molecule has 0 saturated heterocycles. The lowest BCUT2D eigenvalue weighted by atomic mass is 10.1. The maximum Gasteiger partial charge on any atom is 0.187 e. The third kappa shape index (κ3) is 2.89. The molecule has 0 atom stereocenters. The summed E-state index contributed by atoms with van der Waals surface area (Å²) in [7, 11) is 0.